The Kier molecular flexibility index (Phi) is 22.2. The van der Waals surface area contributed by atoms with Crippen molar-refractivity contribution >= 4 is 0 Å². The molecule has 0 aliphatic rings. The molecule has 0 aromatic carbocycles. The van der Waals surface area contributed by atoms with Gasteiger partial charge in [-0.3, -0.25) is 0 Å². The lowest BCUT2D eigenvalue weighted by Gasteiger charge is -2.39. The smallest absolute Gasteiger partial charge is 0.230 e. The van der Waals surface area contributed by atoms with E-state index in [2.05, 4.69) is 13.2 Å². The summed E-state index contributed by atoms with van der Waals surface area (Å²) in [6, 6.07) is 0. The Hall–Kier alpha value is -1.42. The van der Waals surface area contributed by atoms with Crippen molar-refractivity contribution in [2.75, 3.05) is 85.9 Å². The Morgan fingerprint density at radius 1 is 0.591 bits per heavy atom. The molecule has 2 N–H and O–H groups in total. The van der Waals surface area contributed by atoms with Gasteiger partial charge in [0.15, 0.2) is 0 Å². The van der Waals surface area contributed by atoms with Crippen molar-refractivity contribution in [1.29, 1.82) is 0 Å². The number of hydrogen-bond acceptors (Lipinski definition) is 11. The fourth-order valence-electron chi connectivity index (χ4n) is 3.38. The first kappa shape index (κ1) is 42.6. The molecule has 0 aliphatic heterocycles. The average Bonchev–Trinajstić information content (AvgIpc) is 2.93. The minimum Gasteiger partial charge on any atom is -0.499 e. The molecule has 0 spiro atoms. The second kappa shape index (κ2) is 23.0. The Bertz CT molecular complexity index is 735. The van der Waals surface area contributed by atoms with Gasteiger partial charge in [-0.2, -0.15) is 0 Å². The van der Waals surface area contributed by atoms with Gasteiger partial charge in [-0.1, -0.05) is 13.2 Å². The largest absolute Gasteiger partial charge is 0.499 e. The van der Waals surface area contributed by atoms with Crippen LogP contribution in [0.25, 0.3) is 0 Å². The van der Waals surface area contributed by atoms with Crippen LogP contribution in [0.4, 0.5) is 8.78 Å². The lowest BCUT2D eigenvalue weighted by Crippen LogP contribution is -2.49. The van der Waals surface area contributed by atoms with E-state index in [0.29, 0.717) is 39.5 Å². The fourth-order valence-corrected chi connectivity index (χ4v) is 3.38. The van der Waals surface area contributed by atoms with Gasteiger partial charge < -0.3 is 52.8 Å². The third kappa shape index (κ3) is 22.1. The fraction of sp³-hybridized carbons (Fsp3) is 0.871. The van der Waals surface area contributed by atoms with Gasteiger partial charge in [-0.25, -0.2) is 8.78 Å². The summed E-state index contributed by atoms with van der Waals surface area (Å²) in [6.07, 6.45) is 1.56. The van der Waals surface area contributed by atoms with Gasteiger partial charge in [0.25, 0.3) is 0 Å². The SMILES string of the molecule is C=COCCOCC(O)COCCOC(C)(F)COC(C)(C)C(C)(F)CCOC(C)(C)CCOCC(O)COCCOC=C. The van der Waals surface area contributed by atoms with Crippen LogP contribution < -0.4 is 0 Å². The van der Waals surface area contributed by atoms with Crippen LogP contribution in [0, 0.1) is 0 Å². The lowest BCUT2D eigenvalue weighted by molar-refractivity contribution is -0.221. The summed E-state index contributed by atoms with van der Waals surface area (Å²) in [6.45, 7) is 17.9. The zero-order valence-corrected chi connectivity index (χ0v) is 27.7. The minimum absolute atomic E-state index is 0.00365. The third-order valence-corrected chi connectivity index (χ3v) is 6.66. The highest BCUT2D eigenvalue weighted by Gasteiger charge is 2.44. The van der Waals surface area contributed by atoms with Gasteiger partial charge in [0.2, 0.25) is 5.85 Å². The molecular weight excluding hydrogens is 586 g/mol. The lowest BCUT2D eigenvalue weighted by atomic mass is 9.86. The van der Waals surface area contributed by atoms with Crippen LogP contribution in [-0.2, 0) is 42.6 Å². The predicted molar refractivity (Wildman–Crippen MR) is 162 cm³/mol. The Morgan fingerprint density at radius 3 is 1.52 bits per heavy atom. The maximum atomic E-state index is 15.7. The summed E-state index contributed by atoms with van der Waals surface area (Å²) in [5.41, 5.74) is -3.77. The molecular formula is C31H58F2O11. The highest BCUT2D eigenvalue weighted by atomic mass is 19.2. The van der Waals surface area contributed by atoms with E-state index in [1.54, 1.807) is 13.8 Å². The van der Waals surface area contributed by atoms with Crippen molar-refractivity contribution in [1.82, 2.24) is 0 Å². The number of rotatable bonds is 31. The van der Waals surface area contributed by atoms with E-state index in [9.17, 15) is 14.6 Å². The van der Waals surface area contributed by atoms with E-state index >= 15 is 4.39 Å². The number of aliphatic hydroxyl groups is 2. The molecule has 13 heteroatoms. The van der Waals surface area contributed by atoms with Crippen molar-refractivity contribution in [3.05, 3.63) is 25.7 Å². The van der Waals surface area contributed by atoms with Crippen LogP contribution in [0.1, 0.15) is 54.4 Å². The second-order valence-electron chi connectivity index (χ2n) is 11.7. The predicted octanol–water partition coefficient (Wildman–Crippen LogP) is 3.90. The van der Waals surface area contributed by atoms with E-state index in [0.717, 1.165) is 0 Å². The first-order valence-electron chi connectivity index (χ1n) is 15.0. The van der Waals surface area contributed by atoms with Gasteiger partial charge >= 0.3 is 0 Å². The zero-order chi connectivity index (χ0) is 33.5. The van der Waals surface area contributed by atoms with E-state index in [4.69, 9.17) is 42.6 Å². The summed E-state index contributed by atoms with van der Waals surface area (Å²) in [7, 11) is 0. The van der Waals surface area contributed by atoms with Gasteiger partial charge in [0.05, 0.1) is 83.2 Å². The first-order chi connectivity index (χ1) is 20.6. The Morgan fingerprint density at radius 2 is 1.05 bits per heavy atom. The van der Waals surface area contributed by atoms with Crippen molar-refractivity contribution in [2.45, 2.75) is 89.3 Å². The summed E-state index contributed by atoms with van der Waals surface area (Å²) in [5.74, 6) is -2.18. The van der Waals surface area contributed by atoms with Crippen molar-refractivity contribution in [3.8, 4) is 0 Å². The molecule has 0 aromatic rings. The number of ether oxygens (including phenoxy) is 9. The van der Waals surface area contributed by atoms with Gasteiger partial charge in [0, 0.05) is 13.0 Å². The number of aliphatic hydroxyl groups excluding tert-OH is 2. The Labute approximate surface area is 262 Å². The van der Waals surface area contributed by atoms with Gasteiger partial charge in [-0.15, -0.1) is 0 Å². The van der Waals surface area contributed by atoms with Crippen LogP contribution in [0.2, 0.25) is 0 Å². The quantitative estimate of drug-likeness (QED) is 0.0844. The topological polar surface area (TPSA) is 124 Å². The molecule has 0 amide bonds. The molecule has 0 saturated heterocycles. The number of alkyl halides is 2. The first-order valence-corrected chi connectivity index (χ1v) is 15.0. The summed E-state index contributed by atoms with van der Waals surface area (Å²) in [4.78, 5) is 0. The Balaban J connectivity index is 4.25. The molecule has 11 nitrogen and oxygen atoms in total. The van der Waals surface area contributed by atoms with Crippen LogP contribution in [-0.4, -0.2) is 131 Å². The third-order valence-electron chi connectivity index (χ3n) is 6.66. The molecule has 4 atom stereocenters. The van der Waals surface area contributed by atoms with E-state index in [-0.39, 0.29) is 52.7 Å². The normalized spacial score (nSPS) is 16.5. The molecule has 0 rings (SSSR count). The maximum absolute atomic E-state index is 15.7. The monoisotopic (exact) mass is 644 g/mol. The van der Waals surface area contributed by atoms with E-state index in [1.165, 1.54) is 26.4 Å². The van der Waals surface area contributed by atoms with Crippen molar-refractivity contribution in [3.63, 3.8) is 0 Å². The van der Waals surface area contributed by atoms with Crippen molar-refractivity contribution in [2.24, 2.45) is 0 Å². The highest BCUT2D eigenvalue weighted by Crippen LogP contribution is 2.34. The molecule has 262 valence electrons. The molecule has 0 aliphatic carbocycles. The molecule has 0 fully saturated rings. The number of hydrogen-bond donors (Lipinski definition) is 2. The van der Waals surface area contributed by atoms with E-state index in [1.807, 2.05) is 13.8 Å². The van der Waals surface area contributed by atoms with Gasteiger partial charge in [0.1, 0.15) is 37.7 Å². The zero-order valence-electron chi connectivity index (χ0n) is 27.7. The highest BCUT2D eigenvalue weighted by molar-refractivity contribution is 4.92. The molecule has 0 heterocycles. The molecule has 0 bridgehead atoms. The number of halogens is 2. The van der Waals surface area contributed by atoms with Crippen LogP contribution in [0.5, 0.6) is 0 Å². The molecule has 0 aromatic heterocycles. The minimum atomic E-state index is -2.18. The standard InChI is InChI=1S/C31H58F2O11/c1-9-36-15-17-39-22-26(34)21-38-13-11-28(3,4)42-14-12-30(7,32)29(5,6)44-25-31(8,33)43-20-19-41-24-27(35)23-40-18-16-37-10-2/h9-10,26-27,34-35H,1-2,11-25H2,3-8H3. The maximum Gasteiger partial charge on any atom is 0.230 e. The van der Waals surface area contributed by atoms with Crippen LogP contribution >= 0.6 is 0 Å². The molecule has 44 heavy (non-hydrogen) atoms. The molecule has 0 saturated carbocycles. The molecule has 0 radical (unpaired) electrons. The van der Waals surface area contributed by atoms with Crippen molar-refractivity contribution < 1.29 is 61.6 Å². The summed E-state index contributed by atoms with van der Waals surface area (Å²) >= 11 is 0. The van der Waals surface area contributed by atoms with Crippen LogP contribution in [0.3, 0.4) is 0 Å². The summed E-state index contributed by atoms with van der Waals surface area (Å²) in [5, 5.41) is 19.7. The van der Waals surface area contributed by atoms with E-state index < -0.39 is 41.5 Å². The van der Waals surface area contributed by atoms with Gasteiger partial charge in [-0.05, 0) is 48.0 Å². The van der Waals surface area contributed by atoms with Crippen LogP contribution in [0.15, 0.2) is 25.7 Å². The summed E-state index contributed by atoms with van der Waals surface area (Å²) < 4.78 is 78.5. The second-order valence-corrected chi connectivity index (χ2v) is 11.7. The molecule has 4 unspecified atom stereocenters. The average molecular weight is 645 g/mol.